The normalized spacial score (nSPS) is 13.6. The topological polar surface area (TPSA) is 108 Å². The first kappa shape index (κ1) is 66.2. The highest BCUT2D eigenvalue weighted by atomic mass is 16.7. The Labute approximate surface area is 429 Å². The first-order valence-corrected chi connectivity index (χ1v) is 27.9. The number of quaternary nitrogens is 1. The molecule has 0 fully saturated rings. The number of rotatable bonds is 50. The van der Waals surface area contributed by atoms with Gasteiger partial charge < -0.3 is 28.5 Å². The minimum absolute atomic E-state index is 0.178. The number of hydrogen-bond donors (Lipinski definition) is 1. The summed E-state index contributed by atoms with van der Waals surface area (Å²) in [6.45, 7) is 4.73. The molecule has 0 saturated carbocycles. The predicted molar refractivity (Wildman–Crippen MR) is 295 cm³/mol. The van der Waals surface area contributed by atoms with Crippen LogP contribution in [0.1, 0.15) is 213 Å². The van der Waals surface area contributed by atoms with Crippen molar-refractivity contribution in [2.45, 2.75) is 225 Å². The average molecular weight is 980 g/mol. The molecule has 0 amide bonds. The van der Waals surface area contributed by atoms with Gasteiger partial charge in [0.05, 0.1) is 34.4 Å². The van der Waals surface area contributed by atoms with Crippen molar-refractivity contribution in [3.63, 3.8) is 0 Å². The van der Waals surface area contributed by atoms with E-state index in [-0.39, 0.29) is 32.2 Å². The Balaban J connectivity index is 4.35. The molecule has 70 heavy (non-hydrogen) atoms. The highest BCUT2D eigenvalue weighted by Gasteiger charge is 2.25. The molecule has 0 aromatic rings. The van der Waals surface area contributed by atoms with E-state index in [1.165, 1.54) is 83.5 Å². The first-order chi connectivity index (χ1) is 34.1. The number of carboxylic acids is 1. The van der Waals surface area contributed by atoms with Gasteiger partial charge >= 0.3 is 17.9 Å². The lowest BCUT2D eigenvalue weighted by Crippen LogP contribution is -2.40. The van der Waals surface area contributed by atoms with Crippen molar-refractivity contribution in [2.75, 3.05) is 47.5 Å². The van der Waals surface area contributed by atoms with Crippen LogP contribution < -0.4 is 0 Å². The number of likely N-dealkylation sites (N-methyl/N-ethyl adjacent to an activating group) is 1. The number of carbonyl (C=O) groups excluding carboxylic acids is 2. The van der Waals surface area contributed by atoms with E-state index < -0.39 is 24.3 Å². The van der Waals surface area contributed by atoms with E-state index in [2.05, 4.69) is 111 Å². The minimum atomic E-state index is -1.52. The fraction of sp³-hybridized carbons (Fsp3) is 0.689. The van der Waals surface area contributed by atoms with Crippen molar-refractivity contribution >= 4 is 17.9 Å². The zero-order chi connectivity index (χ0) is 51.3. The Kier molecular flexibility index (Phi) is 48.8. The van der Waals surface area contributed by atoms with Gasteiger partial charge in [-0.15, -0.1) is 0 Å². The molecule has 0 rings (SSSR count). The van der Waals surface area contributed by atoms with Gasteiger partial charge in [-0.25, -0.2) is 4.79 Å². The predicted octanol–water partition coefficient (Wildman–Crippen LogP) is 16.2. The molecular formula is C61H104NO8+. The van der Waals surface area contributed by atoms with Gasteiger partial charge in [0.2, 0.25) is 0 Å². The summed E-state index contributed by atoms with van der Waals surface area (Å²) in [4.78, 5) is 37.3. The van der Waals surface area contributed by atoms with Crippen LogP contribution in [-0.2, 0) is 33.3 Å². The molecule has 0 aromatic heterocycles. The van der Waals surface area contributed by atoms with E-state index in [0.717, 1.165) is 96.3 Å². The van der Waals surface area contributed by atoms with Crippen molar-refractivity contribution in [3.8, 4) is 0 Å². The molecule has 0 aliphatic rings. The molecule has 0 bridgehead atoms. The lowest BCUT2D eigenvalue weighted by atomic mass is 10.0. The van der Waals surface area contributed by atoms with Crippen molar-refractivity contribution in [1.29, 1.82) is 0 Å². The van der Waals surface area contributed by atoms with Crippen molar-refractivity contribution in [3.05, 3.63) is 97.2 Å². The summed E-state index contributed by atoms with van der Waals surface area (Å²) < 4.78 is 22.8. The van der Waals surface area contributed by atoms with E-state index in [1.54, 1.807) is 0 Å². The van der Waals surface area contributed by atoms with Crippen molar-refractivity contribution < 1.29 is 42.9 Å². The highest BCUT2D eigenvalue weighted by molar-refractivity contribution is 5.71. The van der Waals surface area contributed by atoms with Crippen LogP contribution in [0.25, 0.3) is 0 Å². The lowest BCUT2D eigenvalue weighted by Gasteiger charge is -2.25. The molecule has 0 aromatic carbocycles. The molecule has 1 N–H and O–H groups in total. The monoisotopic (exact) mass is 979 g/mol. The van der Waals surface area contributed by atoms with E-state index >= 15 is 0 Å². The van der Waals surface area contributed by atoms with Crippen LogP contribution >= 0.6 is 0 Å². The Bertz CT molecular complexity index is 1470. The summed E-state index contributed by atoms with van der Waals surface area (Å²) in [5.74, 6) is -2.04. The SMILES string of the molecule is CC/C=C\C/C=C\C/C=C\C/C=C\C/C=C\C/C=C\C/C=C\C/C=C\CCCCCCC(=O)OC(COC(=O)CCCCCCCCCCCCCCCCCC)COC(OCC[N+](C)(C)C)C(=O)O. The summed E-state index contributed by atoms with van der Waals surface area (Å²) in [6.07, 6.45) is 66.2. The number of allylic oxidation sites excluding steroid dienone is 16. The fourth-order valence-corrected chi connectivity index (χ4v) is 7.32. The number of carboxylic acid groups (broad SMARTS) is 1. The summed E-state index contributed by atoms with van der Waals surface area (Å²) in [5, 5.41) is 9.69. The molecule has 0 aliphatic heterocycles. The molecule has 0 heterocycles. The van der Waals surface area contributed by atoms with Gasteiger partial charge in [-0.05, 0) is 77.0 Å². The summed E-state index contributed by atoms with van der Waals surface area (Å²) in [6, 6.07) is 0. The van der Waals surface area contributed by atoms with Crippen molar-refractivity contribution in [1.82, 2.24) is 0 Å². The Morgan fingerprint density at radius 1 is 0.443 bits per heavy atom. The van der Waals surface area contributed by atoms with Gasteiger partial charge in [0.1, 0.15) is 13.2 Å². The maximum absolute atomic E-state index is 12.9. The van der Waals surface area contributed by atoms with Gasteiger partial charge in [0.15, 0.2) is 6.10 Å². The molecule has 2 unspecified atom stereocenters. The second-order valence-electron chi connectivity index (χ2n) is 19.5. The lowest BCUT2D eigenvalue weighted by molar-refractivity contribution is -0.870. The summed E-state index contributed by atoms with van der Waals surface area (Å²) in [5.41, 5.74) is 0. The van der Waals surface area contributed by atoms with Crippen LogP contribution in [0.4, 0.5) is 0 Å². The number of hydrogen-bond acceptors (Lipinski definition) is 7. The molecule has 2 atom stereocenters. The zero-order valence-electron chi connectivity index (χ0n) is 45.4. The highest BCUT2D eigenvalue weighted by Crippen LogP contribution is 2.15. The number of carbonyl (C=O) groups is 3. The number of ether oxygens (including phenoxy) is 4. The van der Waals surface area contributed by atoms with Crippen LogP contribution in [0.2, 0.25) is 0 Å². The molecule has 0 spiro atoms. The molecular weight excluding hydrogens is 875 g/mol. The zero-order valence-corrected chi connectivity index (χ0v) is 45.4. The molecule has 400 valence electrons. The van der Waals surface area contributed by atoms with Crippen LogP contribution in [0.5, 0.6) is 0 Å². The first-order valence-electron chi connectivity index (χ1n) is 27.9. The third-order valence-corrected chi connectivity index (χ3v) is 11.6. The van der Waals surface area contributed by atoms with E-state index in [0.29, 0.717) is 23.9 Å². The van der Waals surface area contributed by atoms with Crippen LogP contribution in [-0.4, -0.2) is 87.4 Å². The summed E-state index contributed by atoms with van der Waals surface area (Å²) in [7, 11) is 5.95. The maximum Gasteiger partial charge on any atom is 0.361 e. The van der Waals surface area contributed by atoms with E-state index in [9.17, 15) is 19.5 Å². The van der Waals surface area contributed by atoms with Gasteiger partial charge in [0.25, 0.3) is 6.29 Å². The standard InChI is InChI=1S/C61H103NO8/c1-6-8-10-12-14-16-18-20-22-24-25-26-27-28-29-30-31-32-33-34-35-36-38-40-42-44-46-48-50-52-59(64)70-57(56-69-61(60(65)66)67-54-53-62(3,4)5)55-68-58(63)51-49-47-45-43-41-39-37-23-21-19-17-15-13-11-9-7-2/h8,10,14,16,20,22,25-26,28-29,31-32,34-35,38,40,57,61H,6-7,9,11-13,15,17-19,21,23-24,27,30,33,36-37,39,41-56H2,1-5H3/p+1/b10-8-,16-14-,22-20-,26-25-,29-28-,32-31-,35-34-,40-38-. The summed E-state index contributed by atoms with van der Waals surface area (Å²) >= 11 is 0. The van der Waals surface area contributed by atoms with E-state index in [4.69, 9.17) is 18.9 Å². The molecule has 0 saturated heterocycles. The number of nitrogens with zero attached hydrogens (tertiary/aromatic N) is 1. The maximum atomic E-state index is 12.9. The number of esters is 2. The largest absolute Gasteiger partial charge is 0.477 e. The molecule has 0 aliphatic carbocycles. The van der Waals surface area contributed by atoms with Crippen LogP contribution in [0, 0.1) is 0 Å². The average Bonchev–Trinajstić information content (AvgIpc) is 3.33. The smallest absolute Gasteiger partial charge is 0.361 e. The van der Waals surface area contributed by atoms with Crippen molar-refractivity contribution in [2.24, 2.45) is 0 Å². The molecule has 0 radical (unpaired) electrons. The minimum Gasteiger partial charge on any atom is -0.477 e. The third kappa shape index (κ3) is 52.0. The second-order valence-corrected chi connectivity index (χ2v) is 19.5. The van der Waals surface area contributed by atoms with Gasteiger partial charge in [-0.3, -0.25) is 9.59 Å². The van der Waals surface area contributed by atoms with Gasteiger partial charge in [0, 0.05) is 12.8 Å². The quantitative estimate of drug-likeness (QED) is 0.0211. The Morgan fingerprint density at radius 2 is 0.814 bits per heavy atom. The molecule has 9 nitrogen and oxygen atoms in total. The van der Waals surface area contributed by atoms with E-state index in [1.807, 2.05) is 21.1 Å². The Hall–Kier alpha value is -3.79. The van der Waals surface area contributed by atoms with Gasteiger partial charge in [-0.2, -0.15) is 0 Å². The van der Waals surface area contributed by atoms with Gasteiger partial charge in [-0.1, -0.05) is 220 Å². The molecule has 9 heteroatoms. The third-order valence-electron chi connectivity index (χ3n) is 11.6. The second kappa shape index (κ2) is 51.6. The number of aliphatic carboxylic acids is 1. The number of unbranched alkanes of at least 4 members (excludes halogenated alkanes) is 19. The fourth-order valence-electron chi connectivity index (χ4n) is 7.32. The van der Waals surface area contributed by atoms with Crippen LogP contribution in [0.3, 0.4) is 0 Å². The Morgan fingerprint density at radius 3 is 1.21 bits per heavy atom. The van der Waals surface area contributed by atoms with Crippen LogP contribution in [0.15, 0.2) is 97.2 Å².